The van der Waals surface area contributed by atoms with Crippen LogP contribution in [0.5, 0.6) is 5.75 Å². The van der Waals surface area contributed by atoms with E-state index in [0.29, 0.717) is 0 Å². The highest BCUT2D eigenvalue weighted by Gasteiger charge is 2.06. The first-order chi connectivity index (χ1) is 5.40. The average molecular weight is 150 g/mol. The fourth-order valence-corrected chi connectivity index (χ4v) is 1.09. The summed E-state index contributed by atoms with van der Waals surface area (Å²) in [5, 5.41) is 0. The van der Waals surface area contributed by atoms with Gasteiger partial charge >= 0.3 is 0 Å². The number of fused-ring (bicyclic) bond motifs is 2. The van der Waals surface area contributed by atoms with E-state index < -0.39 is 0 Å². The van der Waals surface area contributed by atoms with E-state index >= 15 is 0 Å². The third-order valence-electron chi connectivity index (χ3n) is 1.60. The number of hydrogen-bond acceptors (Lipinski definition) is 2. The smallest absolute Gasteiger partial charge is 0.169 e. The molecule has 2 bridgehead atoms. The number of ether oxygens (including phenoxy) is 1. The lowest BCUT2D eigenvalue weighted by molar-refractivity contribution is 0.319. The number of hydrogen-bond donors (Lipinski definition) is 0. The largest absolute Gasteiger partial charge is 0.490 e. The van der Waals surface area contributed by atoms with Crippen LogP contribution in [0, 0.1) is 0 Å². The lowest BCUT2D eigenvalue weighted by atomic mass is 10.3. The molecule has 0 saturated heterocycles. The molecule has 0 saturated carbocycles. The molecule has 2 heteroatoms. The van der Waals surface area contributed by atoms with Crippen molar-refractivity contribution in [3.63, 3.8) is 0 Å². The van der Waals surface area contributed by atoms with Crippen LogP contribution in [0.25, 0.3) is 11.2 Å². The van der Waals surface area contributed by atoms with Gasteiger partial charge in [0.05, 0.1) is 6.61 Å². The van der Waals surface area contributed by atoms with E-state index in [0.717, 1.165) is 29.9 Å². The highest BCUT2D eigenvalue weighted by atomic mass is 16.5. The van der Waals surface area contributed by atoms with E-state index in [1.165, 1.54) is 0 Å². The summed E-state index contributed by atoms with van der Waals surface area (Å²) in [4.78, 5) is 0. The lowest BCUT2D eigenvalue weighted by Crippen LogP contribution is -1.93. The Morgan fingerprint density at radius 2 is 2.36 bits per heavy atom. The van der Waals surface area contributed by atoms with E-state index in [4.69, 9.17) is 9.15 Å². The van der Waals surface area contributed by atoms with Crippen molar-refractivity contribution in [2.24, 2.45) is 0 Å². The van der Waals surface area contributed by atoms with Gasteiger partial charge in [0.25, 0.3) is 0 Å². The Hall–Kier alpha value is -1.18. The van der Waals surface area contributed by atoms with Crippen molar-refractivity contribution >= 4 is 11.2 Å². The molecule has 0 radical (unpaired) electrons. The summed E-state index contributed by atoms with van der Waals surface area (Å²) in [7, 11) is 0. The normalized spacial score (nSPS) is 11.0. The maximum Gasteiger partial charge on any atom is 0.169 e. The zero-order valence-corrected chi connectivity index (χ0v) is 6.46. The van der Waals surface area contributed by atoms with E-state index in [9.17, 15) is 0 Å². The fourth-order valence-electron chi connectivity index (χ4n) is 1.09. The molecule has 0 aliphatic heterocycles. The maximum atomic E-state index is 5.41. The Morgan fingerprint density at radius 1 is 1.45 bits per heavy atom. The molecular weight excluding hydrogens is 140 g/mol. The SMILES string of the molecule is CCCOc1cc2ccc1o2. The highest BCUT2D eigenvalue weighted by molar-refractivity contribution is 5.69. The van der Waals surface area contributed by atoms with Gasteiger partial charge in [-0.2, -0.15) is 0 Å². The second kappa shape index (κ2) is 2.46. The monoisotopic (exact) mass is 150 g/mol. The Kier molecular flexibility index (Phi) is 1.46. The predicted octanol–water partition coefficient (Wildman–Crippen LogP) is 2.66. The second-order valence-corrected chi connectivity index (χ2v) is 2.56. The van der Waals surface area contributed by atoms with Gasteiger partial charge in [0.15, 0.2) is 11.3 Å². The molecule has 2 heterocycles. The topological polar surface area (TPSA) is 22.4 Å². The van der Waals surface area contributed by atoms with Gasteiger partial charge in [-0.25, -0.2) is 0 Å². The molecule has 0 atom stereocenters. The number of furan rings is 2. The van der Waals surface area contributed by atoms with Crippen LogP contribution >= 0.6 is 0 Å². The van der Waals surface area contributed by atoms with Crippen molar-refractivity contribution in [3.8, 4) is 5.75 Å². The van der Waals surface area contributed by atoms with E-state index in [2.05, 4.69) is 6.92 Å². The van der Waals surface area contributed by atoms with Crippen molar-refractivity contribution in [2.45, 2.75) is 13.3 Å². The minimum atomic E-state index is 0.764. The van der Waals surface area contributed by atoms with Crippen LogP contribution in [0.4, 0.5) is 0 Å². The van der Waals surface area contributed by atoms with E-state index in [1.807, 2.05) is 18.2 Å². The van der Waals surface area contributed by atoms with Gasteiger partial charge in [-0.1, -0.05) is 6.92 Å². The summed E-state index contributed by atoms with van der Waals surface area (Å²) in [6.07, 6.45) is 1.03. The summed E-state index contributed by atoms with van der Waals surface area (Å²) in [6.45, 7) is 2.85. The van der Waals surface area contributed by atoms with Crippen molar-refractivity contribution in [1.82, 2.24) is 0 Å². The molecule has 11 heavy (non-hydrogen) atoms. The third kappa shape index (κ3) is 1.04. The molecule has 0 amide bonds. The van der Waals surface area contributed by atoms with Crippen LogP contribution < -0.4 is 4.74 Å². The summed E-state index contributed by atoms with van der Waals surface area (Å²) < 4.78 is 10.7. The third-order valence-corrected chi connectivity index (χ3v) is 1.60. The molecule has 2 aromatic heterocycles. The molecule has 0 spiro atoms. The Morgan fingerprint density at radius 3 is 2.91 bits per heavy atom. The summed E-state index contributed by atoms with van der Waals surface area (Å²) in [5.41, 5.74) is 1.75. The minimum absolute atomic E-state index is 0.764. The van der Waals surface area contributed by atoms with E-state index in [-0.39, 0.29) is 0 Å². The molecule has 0 aromatic carbocycles. The van der Waals surface area contributed by atoms with Crippen LogP contribution in [0.2, 0.25) is 0 Å². The van der Waals surface area contributed by atoms with Crippen LogP contribution in [0.15, 0.2) is 22.6 Å². The highest BCUT2D eigenvalue weighted by Crippen LogP contribution is 2.28. The Bertz CT molecular complexity index is 324. The van der Waals surface area contributed by atoms with Gasteiger partial charge in [-0.15, -0.1) is 0 Å². The number of rotatable bonds is 3. The molecule has 58 valence electrons. The van der Waals surface area contributed by atoms with Gasteiger partial charge in [0.1, 0.15) is 5.58 Å². The average Bonchev–Trinajstić information content (AvgIpc) is 2.60. The molecule has 0 fully saturated rings. The first-order valence-corrected chi connectivity index (χ1v) is 3.85. The second-order valence-electron chi connectivity index (χ2n) is 2.56. The Labute approximate surface area is 65.1 Å². The quantitative estimate of drug-likeness (QED) is 0.671. The molecule has 0 unspecified atom stereocenters. The summed E-state index contributed by atoms with van der Waals surface area (Å²) >= 11 is 0. The number of benzene rings is 1. The van der Waals surface area contributed by atoms with Crippen molar-refractivity contribution in [1.29, 1.82) is 0 Å². The van der Waals surface area contributed by atoms with Crippen LogP contribution in [-0.4, -0.2) is 6.61 Å². The minimum Gasteiger partial charge on any atom is -0.490 e. The van der Waals surface area contributed by atoms with Crippen LogP contribution in [-0.2, 0) is 0 Å². The lowest BCUT2D eigenvalue weighted by Gasteiger charge is -1.99. The summed E-state index contributed by atoms with van der Waals surface area (Å²) in [5.74, 6) is 0.879. The van der Waals surface area contributed by atoms with Gasteiger partial charge in [-0.05, 0) is 18.6 Å². The Balaban J connectivity index is 2.18. The van der Waals surface area contributed by atoms with Gasteiger partial charge in [0.2, 0.25) is 0 Å². The summed E-state index contributed by atoms with van der Waals surface area (Å²) in [6, 6.07) is 5.79. The van der Waals surface area contributed by atoms with Crippen molar-refractivity contribution in [3.05, 3.63) is 18.2 Å². The molecule has 0 aliphatic rings. The molecular formula is C9H10O2. The van der Waals surface area contributed by atoms with Gasteiger partial charge in [0, 0.05) is 6.07 Å². The van der Waals surface area contributed by atoms with Crippen LogP contribution in [0.1, 0.15) is 13.3 Å². The molecule has 0 N–H and O–H groups in total. The first kappa shape index (κ1) is 6.53. The zero-order valence-electron chi connectivity index (χ0n) is 6.46. The molecule has 2 rings (SSSR count). The van der Waals surface area contributed by atoms with E-state index in [1.54, 1.807) is 0 Å². The molecule has 2 nitrogen and oxygen atoms in total. The predicted molar refractivity (Wildman–Crippen MR) is 43.2 cm³/mol. The molecule has 2 aromatic rings. The van der Waals surface area contributed by atoms with Gasteiger partial charge < -0.3 is 9.15 Å². The maximum absolute atomic E-state index is 5.41. The van der Waals surface area contributed by atoms with Crippen molar-refractivity contribution in [2.75, 3.05) is 6.61 Å². The zero-order chi connectivity index (χ0) is 7.68. The molecule has 0 aliphatic carbocycles. The van der Waals surface area contributed by atoms with Crippen LogP contribution in [0.3, 0.4) is 0 Å². The standard InChI is InChI=1S/C9H10O2/c1-2-5-10-9-6-7-3-4-8(9)11-7/h3-4,6H,2,5H2,1H3. The van der Waals surface area contributed by atoms with Crippen molar-refractivity contribution < 1.29 is 9.15 Å². The first-order valence-electron chi connectivity index (χ1n) is 3.85. The fraction of sp³-hybridized carbons (Fsp3) is 0.333. The van der Waals surface area contributed by atoms with Gasteiger partial charge in [-0.3, -0.25) is 0 Å².